The highest BCUT2D eigenvalue weighted by Gasteiger charge is 2.04. The normalized spacial score (nSPS) is 9.94. The number of pyridine rings is 1. The van der Waals surface area contributed by atoms with Crippen LogP contribution in [-0.2, 0) is 0 Å². The monoisotopic (exact) mass is 233 g/mol. The molecule has 0 aliphatic heterocycles. The van der Waals surface area contributed by atoms with Crippen LogP contribution in [0.1, 0.15) is 10.5 Å². The van der Waals surface area contributed by atoms with Crippen LogP contribution in [0.15, 0.2) is 42.6 Å². The van der Waals surface area contributed by atoms with E-state index in [1.165, 1.54) is 42.6 Å². The second-order valence-corrected chi connectivity index (χ2v) is 3.24. The molecular weight excluding hydrogens is 225 g/mol. The first kappa shape index (κ1) is 11.1. The van der Waals surface area contributed by atoms with Gasteiger partial charge in [0.2, 0.25) is 0 Å². The zero-order valence-corrected chi connectivity index (χ0v) is 8.63. The van der Waals surface area contributed by atoms with Crippen LogP contribution in [0, 0.1) is 5.82 Å². The SMILES string of the molecule is O=C(O)c1ccc(Oc2ccc(F)cc2)cn1. The third-order valence-electron chi connectivity index (χ3n) is 2.00. The Kier molecular flexibility index (Phi) is 3.00. The summed E-state index contributed by atoms with van der Waals surface area (Å²) in [6.07, 6.45) is 1.30. The van der Waals surface area contributed by atoms with Crippen molar-refractivity contribution in [1.29, 1.82) is 0 Å². The number of carboxylic acid groups (broad SMARTS) is 1. The van der Waals surface area contributed by atoms with E-state index in [0.29, 0.717) is 11.5 Å². The zero-order chi connectivity index (χ0) is 12.3. The second kappa shape index (κ2) is 4.61. The first-order valence-electron chi connectivity index (χ1n) is 4.78. The first-order chi connectivity index (χ1) is 8.15. The van der Waals surface area contributed by atoms with Gasteiger partial charge in [0.05, 0.1) is 6.20 Å². The number of hydrogen-bond acceptors (Lipinski definition) is 3. The summed E-state index contributed by atoms with van der Waals surface area (Å²) in [5.41, 5.74) is -0.0588. The molecule has 0 unspecified atom stereocenters. The summed E-state index contributed by atoms with van der Waals surface area (Å²) in [4.78, 5) is 14.3. The van der Waals surface area contributed by atoms with E-state index in [4.69, 9.17) is 9.84 Å². The lowest BCUT2D eigenvalue weighted by Gasteiger charge is -2.04. The van der Waals surface area contributed by atoms with Crippen molar-refractivity contribution >= 4 is 5.97 Å². The Labute approximate surface area is 96.3 Å². The average Bonchev–Trinajstić information content (AvgIpc) is 2.33. The minimum atomic E-state index is -1.10. The first-order valence-corrected chi connectivity index (χ1v) is 4.78. The summed E-state index contributed by atoms with van der Waals surface area (Å²) < 4.78 is 18.0. The molecule has 5 heteroatoms. The molecular formula is C12H8FNO3. The van der Waals surface area contributed by atoms with Crippen molar-refractivity contribution in [2.45, 2.75) is 0 Å². The summed E-state index contributed by atoms with van der Waals surface area (Å²) in [5.74, 6) is -0.604. The lowest BCUT2D eigenvalue weighted by Crippen LogP contribution is -1.99. The van der Waals surface area contributed by atoms with Gasteiger partial charge < -0.3 is 9.84 Å². The van der Waals surface area contributed by atoms with Crippen molar-refractivity contribution in [3.05, 3.63) is 54.1 Å². The summed E-state index contributed by atoms with van der Waals surface area (Å²) in [7, 11) is 0. The van der Waals surface area contributed by atoms with Crippen LogP contribution in [0.25, 0.3) is 0 Å². The molecule has 0 amide bonds. The largest absolute Gasteiger partial charge is 0.477 e. The molecule has 0 radical (unpaired) electrons. The van der Waals surface area contributed by atoms with Crippen molar-refractivity contribution in [2.24, 2.45) is 0 Å². The van der Waals surface area contributed by atoms with Crippen LogP contribution in [0.5, 0.6) is 11.5 Å². The molecule has 1 aromatic heterocycles. The number of carbonyl (C=O) groups is 1. The average molecular weight is 233 g/mol. The Morgan fingerprint density at radius 3 is 2.29 bits per heavy atom. The minimum Gasteiger partial charge on any atom is -0.477 e. The maximum absolute atomic E-state index is 12.6. The van der Waals surface area contributed by atoms with E-state index in [1.54, 1.807) is 0 Å². The predicted octanol–water partition coefficient (Wildman–Crippen LogP) is 2.71. The van der Waals surface area contributed by atoms with Crippen LogP contribution in [0.2, 0.25) is 0 Å². The van der Waals surface area contributed by atoms with E-state index in [9.17, 15) is 9.18 Å². The maximum atomic E-state index is 12.6. The molecule has 2 rings (SSSR count). The topological polar surface area (TPSA) is 59.4 Å². The van der Waals surface area contributed by atoms with Gasteiger partial charge in [-0.15, -0.1) is 0 Å². The van der Waals surface area contributed by atoms with Gasteiger partial charge in [-0.25, -0.2) is 14.2 Å². The molecule has 17 heavy (non-hydrogen) atoms. The second-order valence-electron chi connectivity index (χ2n) is 3.24. The Hall–Kier alpha value is -2.43. The van der Waals surface area contributed by atoms with Gasteiger partial charge in [-0.2, -0.15) is 0 Å². The fourth-order valence-electron chi connectivity index (χ4n) is 1.21. The highest BCUT2D eigenvalue weighted by Crippen LogP contribution is 2.20. The lowest BCUT2D eigenvalue weighted by atomic mass is 10.3. The van der Waals surface area contributed by atoms with Gasteiger partial charge in [-0.3, -0.25) is 0 Å². The number of benzene rings is 1. The summed E-state index contributed by atoms with van der Waals surface area (Å²) in [6, 6.07) is 8.31. The number of halogens is 1. The fourth-order valence-corrected chi connectivity index (χ4v) is 1.21. The quantitative estimate of drug-likeness (QED) is 0.885. The third kappa shape index (κ3) is 2.78. The van der Waals surface area contributed by atoms with E-state index in [2.05, 4.69) is 4.98 Å². The minimum absolute atomic E-state index is 0.0588. The fraction of sp³-hybridized carbons (Fsp3) is 0. The molecule has 86 valence electrons. The number of rotatable bonds is 3. The Bertz CT molecular complexity index is 522. The van der Waals surface area contributed by atoms with Crippen LogP contribution in [-0.4, -0.2) is 16.1 Å². The molecule has 0 saturated carbocycles. The molecule has 0 saturated heterocycles. The van der Waals surface area contributed by atoms with E-state index in [0.717, 1.165) is 0 Å². The van der Waals surface area contributed by atoms with Gasteiger partial charge in [0.25, 0.3) is 0 Å². The third-order valence-corrected chi connectivity index (χ3v) is 2.00. The Morgan fingerprint density at radius 1 is 1.12 bits per heavy atom. The van der Waals surface area contributed by atoms with E-state index in [1.807, 2.05) is 0 Å². The van der Waals surface area contributed by atoms with Gasteiger partial charge in [0, 0.05) is 0 Å². The van der Waals surface area contributed by atoms with Gasteiger partial charge in [0.1, 0.15) is 23.0 Å². The number of carboxylic acids is 1. The smallest absolute Gasteiger partial charge is 0.354 e. The molecule has 0 spiro atoms. The number of aromatic nitrogens is 1. The summed E-state index contributed by atoms with van der Waals surface area (Å²) in [5, 5.41) is 8.65. The van der Waals surface area contributed by atoms with Crippen LogP contribution < -0.4 is 4.74 Å². The summed E-state index contributed by atoms with van der Waals surface area (Å²) >= 11 is 0. The number of ether oxygens (including phenoxy) is 1. The maximum Gasteiger partial charge on any atom is 0.354 e. The van der Waals surface area contributed by atoms with Gasteiger partial charge >= 0.3 is 5.97 Å². The van der Waals surface area contributed by atoms with Gasteiger partial charge in [0.15, 0.2) is 0 Å². The van der Waals surface area contributed by atoms with Crippen molar-refractivity contribution in [3.8, 4) is 11.5 Å². The molecule has 1 heterocycles. The van der Waals surface area contributed by atoms with Crippen molar-refractivity contribution in [3.63, 3.8) is 0 Å². The lowest BCUT2D eigenvalue weighted by molar-refractivity contribution is 0.0690. The molecule has 0 aliphatic rings. The molecule has 2 aromatic rings. The van der Waals surface area contributed by atoms with Crippen molar-refractivity contribution in [1.82, 2.24) is 4.98 Å². The molecule has 1 N–H and O–H groups in total. The number of nitrogens with zero attached hydrogens (tertiary/aromatic N) is 1. The van der Waals surface area contributed by atoms with Crippen LogP contribution in [0.4, 0.5) is 4.39 Å². The highest BCUT2D eigenvalue weighted by molar-refractivity contribution is 5.85. The number of aromatic carboxylic acids is 1. The predicted molar refractivity (Wildman–Crippen MR) is 57.7 cm³/mol. The van der Waals surface area contributed by atoms with Crippen molar-refractivity contribution < 1.29 is 19.0 Å². The molecule has 1 aromatic carbocycles. The van der Waals surface area contributed by atoms with Gasteiger partial charge in [-0.1, -0.05) is 0 Å². The van der Waals surface area contributed by atoms with Crippen molar-refractivity contribution in [2.75, 3.05) is 0 Å². The van der Waals surface area contributed by atoms with Gasteiger partial charge in [-0.05, 0) is 36.4 Å². The van der Waals surface area contributed by atoms with E-state index < -0.39 is 5.97 Å². The standard InChI is InChI=1S/C12H8FNO3/c13-8-1-3-9(4-2-8)17-10-5-6-11(12(15)16)14-7-10/h1-7H,(H,15,16). The van der Waals surface area contributed by atoms with Crippen LogP contribution >= 0.6 is 0 Å². The summed E-state index contributed by atoms with van der Waals surface area (Å²) in [6.45, 7) is 0. The van der Waals surface area contributed by atoms with Crippen LogP contribution in [0.3, 0.4) is 0 Å². The van der Waals surface area contributed by atoms with E-state index >= 15 is 0 Å². The highest BCUT2D eigenvalue weighted by atomic mass is 19.1. The zero-order valence-electron chi connectivity index (χ0n) is 8.63. The molecule has 4 nitrogen and oxygen atoms in total. The number of hydrogen-bond donors (Lipinski definition) is 1. The molecule has 0 fully saturated rings. The van der Waals surface area contributed by atoms with E-state index in [-0.39, 0.29) is 11.5 Å². The Morgan fingerprint density at radius 2 is 1.76 bits per heavy atom. The molecule has 0 bridgehead atoms. The Balaban J connectivity index is 2.13. The molecule has 0 aliphatic carbocycles. The molecule has 0 atom stereocenters.